The van der Waals surface area contributed by atoms with Crippen LogP contribution in [-0.4, -0.2) is 18.3 Å². The van der Waals surface area contributed by atoms with Gasteiger partial charge in [0, 0.05) is 26.9 Å². The molecule has 0 aromatic heterocycles. The van der Waals surface area contributed by atoms with Gasteiger partial charge in [-0.1, -0.05) is 38.8 Å². The van der Waals surface area contributed by atoms with Crippen LogP contribution in [0.5, 0.6) is 0 Å². The molecule has 5 heteroatoms. The Morgan fingerprint density at radius 3 is 2.50 bits per heavy atom. The summed E-state index contributed by atoms with van der Waals surface area (Å²) in [6.07, 6.45) is 1.99. The number of benzene rings is 1. The summed E-state index contributed by atoms with van der Waals surface area (Å²) in [5.41, 5.74) is 0.654. The van der Waals surface area contributed by atoms with Crippen LogP contribution in [0.4, 0.5) is 0 Å². The fourth-order valence-electron chi connectivity index (χ4n) is 1.52. The van der Waals surface area contributed by atoms with Crippen molar-refractivity contribution in [2.45, 2.75) is 19.8 Å². The zero-order chi connectivity index (χ0) is 13.5. The van der Waals surface area contributed by atoms with Crippen LogP contribution in [0.15, 0.2) is 27.1 Å². The standard InChI is InChI=1S/C13H16Br2ClNO/c1-9(8-16)3-2-4-17-13(18)10-5-11(14)7-12(15)6-10/h5-7,9H,2-4,8H2,1H3,(H,17,18). The Labute approximate surface area is 130 Å². The lowest BCUT2D eigenvalue weighted by Gasteiger charge is -2.08. The quantitative estimate of drug-likeness (QED) is 0.552. The van der Waals surface area contributed by atoms with Crippen molar-refractivity contribution in [2.24, 2.45) is 5.92 Å². The van der Waals surface area contributed by atoms with Gasteiger partial charge in [-0.3, -0.25) is 4.79 Å². The van der Waals surface area contributed by atoms with Gasteiger partial charge in [-0.15, -0.1) is 11.6 Å². The van der Waals surface area contributed by atoms with E-state index in [-0.39, 0.29) is 5.91 Å². The van der Waals surface area contributed by atoms with Gasteiger partial charge in [0.15, 0.2) is 0 Å². The molecular weight excluding hydrogens is 381 g/mol. The molecule has 0 spiro atoms. The van der Waals surface area contributed by atoms with Crippen molar-refractivity contribution < 1.29 is 4.79 Å². The molecule has 0 radical (unpaired) electrons. The first kappa shape index (κ1) is 16.0. The molecule has 0 saturated heterocycles. The number of carbonyl (C=O) groups is 1. The average Bonchev–Trinajstić information content (AvgIpc) is 2.32. The van der Waals surface area contributed by atoms with Gasteiger partial charge >= 0.3 is 0 Å². The molecule has 1 N–H and O–H groups in total. The molecule has 0 aliphatic heterocycles. The number of halogens is 3. The lowest BCUT2D eigenvalue weighted by Crippen LogP contribution is -2.24. The van der Waals surface area contributed by atoms with Gasteiger partial charge in [0.05, 0.1) is 0 Å². The summed E-state index contributed by atoms with van der Waals surface area (Å²) in [7, 11) is 0. The second-order valence-corrected chi connectivity index (χ2v) is 6.46. The van der Waals surface area contributed by atoms with Crippen molar-refractivity contribution in [2.75, 3.05) is 12.4 Å². The molecule has 1 atom stereocenters. The maximum atomic E-state index is 11.9. The van der Waals surface area contributed by atoms with Crippen LogP contribution in [0.25, 0.3) is 0 Å². The van der Waals surface area contributed by atoms with Crippen LogP contribution in [0.1, 0.15) is 30.1 Å². The third-order valence-corrected chi connectivity index (χ3v) is 3.99. The zero-order valence-corrected chi connectivity index (χ0v) is 14.1. The fourth-order valence-corrected chi connectivity index (χ4v) is 2.96. The summed E-state index contributed by atoms with van der Waals surface area (Å²) in [6, 6.07) is 5.52. The molecule has 1 aromatic carbocycles. The Morgan fingerprint density at radius 2 is 1.94 bits per heavy atom. The molecular formula is C13H16Br2ClNO. The zero-order valence-electron chi connectivity index (χ0n) is 10.2. The van der Waals surface area contributed by atoms with Gasteiger partial charge in [-0.25, -0.2) is 0 Å². The average molecular weight is 398 g/mol. The highest BCUT2D eigenvalue weighted by Crippen LogP contribution is 2.20. The topological polar surface area (TPSA) is 29.1 Å². The second kappa shape index (κ2) is 8.18. The lowest BCUT2D eigenvalue weighted by atomic mass is 10.1. The second-order valence-electron chi connectivity index (χ2n) is 4.32. The molecule has 1 amide bonds. The molecule has 0 bridgehead atoms. The van der Waals surface area contributed by atoms with Crippen molar-refractivity contribution >= 4 is 49.4 Å². The van der Waals surface area contributed by atoms with Crippen LogP contribution >= 0.6 is 43.5 Å². The SMILES string of the molecule is CC(CCl)CCCNC(=O)c1cc(Br)cc(Br)c1. The molecule has 18 heavy (non-hydrogen) atoms. The molecule has 0 aliphatic carbocycles. The Bertz CT molecular complexity index is 392. The molecule has 100 valence electrons. The van der Waals surface area contributed by atoms with Gasteiger partial charge in [0.1, 0.15) is 0 Å². The van der Waals surface area contributed by atoms with E-state index in [4.69, 9.17) is 11.6 Å². The Kier molecular flexibility index (Phi) is 7.27. The predicted octanol–water partition coefficient (Wildman–Crippen LogP) is 4.60. The maximum absolute atomic E-state index is 11.9. The van der Waals surface area contributed by atoms with Gasteiger partial charge in [0.2, 0.25) is 0 Å². The number of alkyl halides is 1. The number of hydrogen-bond acceptors (Lipinski definition) is 1. The summed E-state index contributed by atoms with van der Waals surface area (Å²) in [5.74, 6) is 1.13. The van der Waals surface area contributed by atoms with Crippen LogP contribution in [0, 0.1) is 5.92 Å². The summed E-state index contributed by atoms with van der Waals surface area (Å²) < 4.78 is 1.77. The Hall–Kier alpha value is -0.0600. The predicted molar refractivity (Wildman–Crippen MR) is 83.3 cm³/mol. The van der Waals surface area contributed by atoms with E-state index in [0.717, 1.165) is 21.8 Å². The van der Waals surface area contributed by atoms with Crippen LogP contribution in [0.3, 0.4) is 0 Å². The van der Waals surface area contributed by atoms with Crippen LogP contribution in [0.2, 0.25) is 0 Å². The highest BCUT2D eigenvalue weighted by Gasteiger charge is 2.07. The normalized spacial score (nSPS) is 12.2. The minimum Gasteiger partial charge on any atom is -0.352 e. The molecule has 0 saturated carbocycles. The molecule has 1 aromatic rings. The van der Waals surface area contributed by atoms with E-state index < -0.39 is 0 Å². The van der Waals surface area contributed by atoms with E-state index in [9.17, 15) is 4.79 Å². The van der Waals surface area contributed by atoms with E-state index in [1.807, 2.05) is 18.2 Å². The van der Waals surface area contributed by atoms with Gasteiger partial charge in [-0.2, -0.15) is 0 Å². The number of rotatable bonds is 6. The van der Waals surface area contributed by atoms with Crippen LogP contribution < -0.4 is 5.32 Å². The van der Waals surface area contributed by atoms with Crippen molar-refractivity contribution in [3.8, 4) is 0 Å². The summed E-state index contributed by atoms with van der Waals surface area (Å²) in [6.45, 7) is 2.80. The van der Waals surface area contributed by atoms with Crippen molar-refractivity contribution in [3.63, 3.8) is 0 Å². The van der Waals surface area contributed by atoms with Crippen molar-refractivity contribution in [1.82, 2.24) is 5.32 Å². The first-order valence-electron chi connectivity index (χ1n) is 5.83. The van der Waals surface area contributed by atoms with E-state index >= 15 is 0 Å². The fraction of sp³-hybridized carbons (Fsp3) is 0.462. The molecule has 2 nitrogen and oxygen atoms in total. The summed E-state index contributed by atoms with van der Waals surface area (Å²) in [4.78, 5) is 11.9. The van der Waals surface area contributed by atoms with E-state index in [1.54, 1.807) is 0 Å². The molecule has 0 aliphatic rings. The van der Waals surface area contributed by atoms with Gasteiger partial charge in [0.25, 0.3) is 5.91 Å². The van der Waals surface area contributed by atoms with Crippen molar-refractivity contribution in [3.05, 3.63) is 32.7 Å². The van der Waals surface area contributed by atoms with Crippen LogP contribution in [-0.2, 0) is 0 Å². The van der Waals surface area contributed by atoms with E-state index in [1.165, 1.54) is 0 Å². The smallest absolute Gasteiger partial charge is 0.251 e. The number of hydrogen-bond donors (Lipinski definition) is 1. The molecule has 0 heterocycles. The van der Waals surface area contributed by atoms with E-state index in [2.05, 4.69) is 44.1 Å². The maximum Gasteiger partial charge on any atom is 0.251 e. The number of carbonyl (C=O) groups excluding carboxylic acids is 1. The minimum absolute atomic E-state index is 0.0458. The van der Waals surface area contributed by atoms with Gasteiger partial charge < -0.3 is 5.32 Å². The number of amides is 1. The first-order valence-corrected chi connectivity index (χ1v) is 7.95. The van der Waals surface area contributed by atoms with E-state index in [0.29, 0.717) is 23.9 Å². The summed E-state index contributed by atoms with van der Waals surface area (Å²) in [5, 5.41) is 2.91. The Balaban J connectivity index is 2.41. The largest absolute Gasteiger partial charge is 0.352 e. The molecule has 1 unspecified atom stereocenters. The van der Waals surface area contributed by atoms with Gasteiger partial charge in [-0.05, 0) is 37.0 Å². The molecule has 0 fully saturated rings. The third kappa shape index (κ3) is 5.72. The minimum atomic E-state index is -0.0458. The lowest BCUT2D eigenvalue weighted by molar-refractivity contribution is 0.0952. The highest BCUT2D eigenvalue weighted by atomic mass is 79.9. The first-order chi connectivity index (χ1) is 8.52. The molecule has 1 rings (SSSR count). The Morgan fingerprint density at radius 1 is 1.33 bits per heavy atom. The monoisotopic (exact) mass is 395 g/mol. The summed E-state index contributed by atoms with van der Waals surface area (Å²) >= 11 is 12.5. The number of nitrogens with one attached hydrogen (secondary N) is 1. The third-order valence-electron chi connectivity index (χ3n) is 2.55. The highest BCUT2D eigenvalue weighted by molar-refractivity contribution is 9.11. The van der Waals surface area contributed by atoms with Crippen molar-refractivity contribution in [1.29, 1.82) is 0 Å².